The average Bonchev–Trinajstić information content (AvgIpc) is 2.12. The summed E-state index contributed by atoms with van der Waals surface area (Å²) >= 11 is 5.49. The third-order valence-electron chi connectivity index (χ3n) is 1.74. The van der Waals surface area contributed by atoms with Gasteiger partial charge in [-0.3, -0.25) is 0 Å². The summed E-state index contributed by atoms with van der Waals surface area (Å²) in [6.45, 7) is 1.49. The highest BCUT2D eigenvalue weighted by Crippen LogP contribution is 2.31. The van der Waals surface area contributed by atoms with E-state index in [0.29, 0.717) is 0 Å². The summed E-state index contributed by atoms with van der Waals surface area (Å²) in [5.74, 6) is -1.68. The van der Waals surface area contributed by atoms with Crippen molar-refractivity contribution in [3.63, 3.8) is 0 Å². The monoisotopic (exact) mass is 199 g/mol. The number of phenolic OH excluding ortho intramolecular Hbond substituents is 1. The molecule has 2 nitrogen and oxygen atoms in total. The molecule has 13 heavy (non-hydrogen) atoms. The predicted molar refractivity (Wildman–Crippen MR) is 47.1 cm³/mol. The van der Waals surface area contributed by atoms with Gasteiger partial charge in [-0.2, -0.15) is 5.26 Å². The highest BCUT2D eigenvalue weighted by atomic mass is 35.5. The Kier molecular flexibility index (Phi) is 2.74. The molecule has 1 N–H and O–H groups in total. The first-order valence-electron chi connectivity index (χ1n) is 3.64. The lowest BCUT2D eigenvalue weighted by Gasteiger charge is -2.08. The SMILES string of the molecule is CC(C#N)c1c(O)ccc(Cl)c1F. The Hall–Kier alpha value is -1.27. The summed E-state index contributed by atoms with van der Waals surface area (Å²) in [6, 6.07) is 4.35. The molecule has 1 unspecified atom stereocenters. The molecule has 0 spiro atoms. The third kappa shape index (κ3) is 1.73. The van der Waals surface area contributed by atoms with E-state index in [1.165, 1.54) is 19.1 Å². The number of hydrogen-bond acceptors (Lipinski definition) is 2. The predicted octanol–water partition coefficient (Wildman–Crippen LogP) is 2.81. The maximum Gasteiger partial charge on any atom is 0.149 e. The van der Waals surface area contributed by atoms with Crippen molar-refractivity contribution in [3.8, 4) is 11.8 Å². The number of aromatic hydroxyl groups is 1. The number of phenols is 1. The second-order valence-electron chi connectivity index (χ2n) is 2.64. The Morgan fingerprint density at radius 1 is 1.62 bits per heavy atom. The van der Waals surface area contributed by atoms with E-state index < -0.39 is 11.7 Å². The topological polar surface area (TPSA) is 44.0 Å². The second-order valence-corrected chi connectivity index (χ2v) is 3.05. The van der Waals surface area contributed by atoms with E-state index in [1.807, 2.05) is 6.07 Å². The summed E-state index contributed by atoms with van der Waals surface area (Å²) in [7, 11) is 0. The fourth-order valence-electron chi connectivity index (χ4n) is 1.03. The van der Waals surface area contributed by atoms with E-state index in [-0.39, 0.29) is 16.3 Å². The van der Waals surface area contributed by atoms with Crippen LogP contribution in [-0.2, 0) is 0 Å². The molecule has 1 aromatic carbocycles. The van der Waals surface area contributed by atoms with Crippen LogP contribution in [0.3, 0.4) is 0 Å². The summed E-state index contributed by atoms with van der Waals surface area (Å²) in [4.78, 5) is 0. The molecular weight excluding hydrogens is 193 g/mol. The quantitative estimate of drug-likeness (QED) is 0.756. The highest BCUT2D eigenvalue weighted by molar-refractivity contribution is 6.30. The molecule has 68 valence electrons. The Morgan fingerprint density at radius 2 is 2.23 bits per heavy atom. The summed E-state index contributed by atoms with van der Waals surface area (Å²) in [6.07, 6.45) is 0. The second kappa shape index (κ2) is 3.63. The Bertz CT molecular complexity index is 373. The van der Waals surface area contributed by atoms with Gasteiger partial charge in [-0.05, 0) is 19.1 Å². The first-order chi connectivity index (χ1) is 6.07. The Balaban J connectivity index is 3.35. The van der Waals surface area contributed by atoms with Crippen LogP contribution in [0.1, 0.15) is 18.4 Å². The normalized spacial score (nSPS) is 12.2. The third-order valence-corrected chi connectivity index (χ3v) is 2.03. The van der Waals surface area contributed by atoms with Crippen molar-refractivity contribution >= 4 is 11.6 Å². The van der Waals surface area contributed by atoms with Gasteiger partial charge >= 0.3 is 0 Å². The van der Waals surface area contributed by atoms with E-state index in [4.69, 9.17) is 16.9 Å². The lowest BCUT2D eigenvalue weighted by Crippen LogP contribution is -1.95. The van der Waals surface area contributed by atoms with Crippen molar-refractivity contribution in [2.75, 3.05) is 0 Å². The summed E-state index contributed by atoms with van der Waals surface area (Å²) < 4.78 is 13.3. The van der Waals surface area contributed by atoms with Gasteiger partial charge < -0.3 is 5.11 Å². The molecule has 1 rings (SSSR count). The van der Waals surface area contributed by atoms with E-state index in [2.05, 4.69) is 0 Å². The Morgan fingerprint density at radius 3 is 2.77 bits per heavy atom. The zero-order valence-electron chi connectivity index (χ0n) is 6.88. The minimum atomic E-state index is -0.726. The van der Waals surface area contributed by atoms with Gasteiger partial charge in [0.15, 0.2) is 0 Å². The summed E-state index contributed by atoms with van der Waals surface area (Å²) in [5, 5.41) is 17.7. The van der Waals surface area contributed by atoms with Crippen LogP contribution < -0.4 is 0 Å². The van der Waals surface area contributed by atoms with Crippen LogP contribution in [0.25, 0.3) is 0 Å². The first kappa shape index (κ1) is 9.82. The first-order valence-corrected chi connectivity index (χ1v) is 4.02. The molecule has 0 aliphatic carbocycles. The van der Waals surface area contributed by atoms with Crippen LogP contribution in [0.4, 0.5) is 4.39 Å². The molecule has 0 aromatic heterocycles. The molecule has 0 saturated carbocycles. The fraction of sp³-hybridized carbons (Fsp3) is 0.222. The van der Waals surface area contributed by atoms with E-state index in [0.717, 1.165) is 0 Å². The van der Waals surface area contributed by atoms with E-state index in [9.17, 15) is 9.50 Å². The molecule has 0 radical (unpaired) electrons. The number of benzene rings is 1. The molecule has 0 fully saturated rings. The lowest BCUT2D eigenvalue weighted by molar-refractivity contribution is 0.457. The van der Waals surface area contributed by atoms with Crippen molar-refractivity contribution in [1.29, 1.82) is 5.26 Å². The molecule has 0 heterocycles. The van der Waals surface area contributed by atoms with Gasteiger partial charge in [-0.15, -0.1) is 0 Å². The maximum absolute atomic E-state index is 13.3. The number of halogens is 2. The average molecular weight is 200 g/mol. The molecule has 0 aliphatic rings. The maximum atomic E-state index is 13.3. The number of rotatable bonds is 1. The molecule has 4 heteroatoms. The van der Waals surface area contributed by atoms with Crippen LogP contribution >= 0.6 is 11.6 Å². The van der Waals surface area contributed by atoms with E-state index >= 15 is 0 Å². The molecule has 0 aliphatic heterocycles. The van der Waals surface area contributed by atoms with Gasteiger partial charge in [0.2, 0.25) is 0 Å². The zero-order valence-corrected chi connectivity index (χ0v) is 7.64. The Labute approximate surface area is 80.2 Å². The van der Waals surface area contributed by atoms with Crippen LogP contribution in [0.15, 0.2) is 12.1 Å². The van der Waals surface area contributed by atoms with Crippen LogP contribution in [0.5, 0.6) is 5.75 Å². The highest BCUT2D eigenvalue weighted by Gasteiger charge is 2.17. The fourth-order valence-corrected chi connectivity index (χ4v) is 1.20. The lowest BCUT2D eigenvalue weighted by atomic mass is 10.0. The standard InChI is InChI=1S/C9H7ClFNO/c1-5(4-12)8-7(13)3-2-6(10)9(8)11/h2-3,5,13H,1H3. The van der Waals surface area contributed by atoms with Crippen LogP contribution in [-0.4, -0.2) is 5.11 Å². The minimum Gasteiger partial charge on any atom is -0.508 e. The summed E-state index contributed by atoms with van der Waals surface area (Å²) in [5.41, 5.74) is -0.0463. The van der Waals surface area contributed by atoms with Gasteiger partial charge in [0.1, 0.15) is 11.6 Å². The smallest absolute Gasteiger partial charge is 0.149 e. The molecule has 1 atom stereocenters. The van der Waals surface area contributed by atoms with Crippen molar-refractivity contribution in [2.45, 2.75) is 12.8 Å². The number of nitriles is 1. The van der Waals surface area contributed by atoms with Crippen molar-refractivity contribution < 1.29 is 9.50 Å². The van der Waals surface area contributed by atoms with Crippen molar-refractivity contribution in [1.82, 2.24) is 0 Å². The van der Waals surface area contributed by atoms with Crippen LogP contribution in [0, 0.1) is 17.1 Å². The largest absolute Gasteiger partial charge is 0.508 e. The van der Waals surface area contributed by atoms with Gasteiger partial charge in [-0.1, -0.05) is 11.6 Å². The van der Waals surface area contributed by atoms with Gasteiger partial charge in [0.25, 0.3) is 0 Å². The number of hydrogen-bond donors (Lipinski definition) is 1. The molecule has 0 saturated heterocycles. The van der Waals surface area contributed by atoms with Crippen molar-refractivity contribution in [3.05, 3.63) is 28.5 Å². The van der Waals surface area contributed by atoms with Gasteiger partial charge in [-0.25, -0.2) is 4.39 Å². The van der Waals surface area contributed by atoms with Crippen LogP contribution in [0.2, 0.25) is 5.02 Å². The van der Waals surface area contributed by atoms with Gasteiger partial charge in [0.05, 0.1) is 17.0 Å². The van der Waals surface area contributed by atoms with Crippen molar-refractivity contribution in [2.24, 2.45) is 0 Å². The minimum absolute atomic E-state index is 0.0463. The molecule has 0 bridgehead atoms. The molecule has 1 aromatic rings. The molecular formula is C9H7ClFNO. The molecule has 0 amide bonds. The number of nitrogens with zero attached hydrogens (tertiary/aromatic N) is 1. The van der Waals surface area contributed by atoms with Gasteiger partial charge in [0, 0.05) is 5.56 Å². The zero-order chi connectivity index (χ0) is 10.0. The van der Waals surface area contributed by atoms with E-state index in [1.54, 1.807) is 0 Å².